The van der Waals surface area contributed by atoms with Crippen LogP contribution in [-0.2, 0) is 14.4 Å². The normalized spacial score (nSPS) is 10.3. The number of ether oxygens (including phenoxy) is 1. The zero-order valence-electron chi connectivity index (χ0n) is 15.7. The maximum atomic E-state index is 12.1. The summed E-state index contributed by atoms with van der Waals surface area (Å²) in [7, 11) is 0. The van der Waals surface area contributed by atoms with Gasteiger partial charge in [0.2, 0.25) is 0 Å². The van der Waals surface area contributed by atoms with E-state index in [1.807, 2.05) is 0 Å². The Hall–Kier alpha value is -3.17. The van der Waals surface area contributed by atoms with Gasteiger partial charge in [-0.1, -0.05) is 39.7 Å². The summed E-state index contributed by atoms with van der Waals surface area (Å²) in [5.41, 5.74) is 3.14. The second-order valence-electron chi connectivity index (χ2n) is 5.73. The zero-order chi connectivity index (χ0) is 21.9. The number of carbonyl (C=O) groups excluding carboxylic acids is 3. The van der Waals surface area contributed by atoms with Gasteiger partial charge in [-0.05, 0) is 36.4 Å². The lowest BCUT2D eigenvalue weighted by Crippen LogP contribution is -2.37. The van der Waals surface area contributed by atoms with E-state index in [9.17, 15) is 14.4 Å². The Kier molecular flexibility index (Phi) is 9.04. The summed E-state index contributed by atoms with van der Waals surface area (Å²) < 4.78 is 6.29. The highest BCUT2D eigenvalue weighted by molar-refractivity contribution is 9.10. The molecule has 2 aromatic carbocycles. The largest absolute Gasteiger partial charge is 0.483 e. The molecule has 2 rings (SSSR count). The topological polar surface area (TPSA) is 109 Å². The van der Waals surface area contributed by atoms with E-state index >= 15 is 0 Å². The van der Waals surface area contributed by atoms with Crippen LogP contribution in [0.4, 0.5) is 5.69 Å². The van der Waals surface area contributed by atoms with Crippen molar-refractivity contribution >= 4 is 57.2 Å². The number of rotatable bonds is 8. The van der Waals surface area contributed by atoms with Gasteiger partial charge >= 0.3 is 11.8 Å². The number of hydrogen-bond acceptors (Lipinski definition) is 5. The highest BCUT2D eigenvalue weighted by Crippen LogP contribution is 2.22. The molecule has 0 unspecified atom stereocenters. The van der Waals surface area contributed by atoms with E-state index in [1.165, 1.54) is 12.3 Å². The first-order valence-corrected chi connectivity index (χ1v) is 9.76. The summed E-state index contributed by atoms with van der Waals surface area (Å²) >= 11 is 9.22. The van der Waals surface area contributed by atoms with Gasteiger partial charge in [-0.2, -0.15) is 5.10 Å². The van der Waals surface area contributed by atoms with Gasteiger partial charge < -0.3 is 15.4 Å². The van der Waals surface area contributed by atoms with E-state index in [4.69, 9.17) is 16.3 Å². The number of carbonyl (C=O) groups is 3. The Morgan fingerprint density at radius 2 is 1.97 bits per heavy atom. The number of hydrogen-bond donors (Lipinski definition) is 3. The Labute approximate surface area is 186 Å². The fourth-order valence-electron chi connectivity index (χ4n) is 2.11. The molecule has 30 heavy (non-hydrogen) atoms. The molecule has 0 aromatic heterocycles. The van der Waals surface area contributed by atoms with Gasteiger partial charge in [-0.15, -0.1) is 6.58 Å². The second kappa shape index (κ2) is 11.7. The number of hydrazone groups is 1. The van der Waals surface area contributed by atoms with E-state index in [0.29, 0.717) is 22.0 Å². The Bertz CT molecular complexity index is 981. The lowest BCUT2D eigenvalue weighted by molar-refractivity contribution is -0.139. The van der Waals surface area contributed by atoms with Gasteiger partial charge in [0.15, 0.2) is 6.61 Å². The minimum atomic E-state index is -0.925. The highest BCUT2D eigenvalue weighted by Gasteiger charge is 2.11. The third kappa shape index (κ3) is 7.69. The zero-order valence-corrected chi connectivity index (χ0v) is 18.0. The Morgan fingerprint density at radius 1 is 1.17 bits per heavy atom. The number of benzene rings is 2. The second-order valence-corrected chi connectivity index (χ2v) is 7.08. The fraction of sp³-hybridized carbons (Fsp3) is 0.100. The third-order valence-corrected chi connectivity index (χ3v) is 4.15. The molecule has 3 amide bonds. The van der Waals surface area contributed by atoms with Gasteiger partial charge in [-0.3, -0.25) is 14.4 Å². The standard InChI is InChI=1S/C20H18BrClN4O4/c1-2-8-23-19(28)20(29)26-24-11-13-9-14(21)6-7-17(13)30-12-18(27)25-16-5-3-4-15(22)10-16/h2-7,9-11H,1,8,12H2,(H,23,28)(H,25,27)(H,26,29)/b24-11-. The first-order chi connectivity index (χ1) is 14.4. The molecule has 2 aromatic rings. The predicted octanol–water partition coefficient (Wildman–Crippen LogP) is 2.87. The van der Waals surface area contributed by atoms with Crippen LogP contribution < -0.4 is 20.8 Å². The van der Waals surface area contributed by atoms with Crippen LogP contribution in [0.2, 0.25) is 5.02 Å². The quantitative estimate of drug-likeness (QED) is 0.227. The van der Waals surface area contributed by atoms with Gasteiger partial charge in [0.05, 0.1) is 6.21 Å². The lowest BCUT2D eigenvalue weighted by Gasteiger charge is -2.10. The summed E-state index contributed by atoms with van der Waals surface area (Å²) in [6, 6.07) is 11.8. The minimum absolute atomic E-state index is 0.164. The third-order valence-electron chi connectivity index (χ3n) is 3.42. The minimum Gasteiger partial charge on any atom is -0.483 e. The van der Waals surface area contributed by atoms with Crippen LogP contribution in [0.15, 0.2) is 64.7 Å². The summed E-state index contributed by atoms with van der Waals surface area (Å²) in [5.74, 6) is -1.79. The maximum Gasteiger partial charge on any atom is 0.329 e. The predicted molar refractivity (Wildman–Crippen MR) is 119 cm³/mol. The van der Waals surface area contributed by atoms with Crippen molar-refractivity contribution in [3.8, 4) is 5.75 Å². The molecule has 156 valence electrons. The van der Waals surface area contributed by atoms with E-state index in [0.717, 1.165) is 4.47 Å². The molecule has 0 atom stereocenters. The van der Waals surface area contributed by atoms with Crippen molar-refractivity contribution in [1.82, 2.24) is 10.7 Å². The van der Waals surface area contributed by atoms with Crippen LogP contribution in [0.25, 0.3) is 0 Å². The Balaban J connectivity index is 1.97. The summed E-state index contributed by atoms with van der Waals surface area (Å²) in [4.78, 5) is 35.2. The van der Waals surface area contributed by atoms with Crippen LogP contribution in [-0.4, -0.2) is 37.1 Å². The van der Waals surface area contributed by atoms with Crippen LogP contribution >= 0.6 is 27.5 Å². The van der Waals surface area contributed by atoms with Crippen LogP contribution in [0.1, 0.15) is 5.56 Å². The molecule has 0 heterocycles. The van der Waals surface area contributed by atoms with E-state index in [-0.39, 0.29) is 19.1 Å². The highest BCUT2D eigenvalue weighted by atomic mass is 79.9. The molecular weight excluding hydrogens is 476 g/mol. The average Bonchev–Trinajstić information content (AvgIpc) is 2.71. The van der Waals surface area contributed by atoms with Crippen LogP contribution in [0.5, 0.6) is 5.75 Å². The van der Waals surface area contributed by atoms with E-state index in [2.05, 4.69) is 43.7 Å². The molecule has 0 aliphatic rings. The van der Waals surface area contributed by atoms with Crippen molar-refractivity contribution < 1.29 is 19.1 Å². The molecule has 0 aliphatic heterocycles. The number of anilines is 1. The van der Waals surface area contributed by atoms with Crippen molar-refractivity contribution in [1.29, 1.82) is 0 Å². The van der Waals surface area contributed by atoms with Gasteiger partial charge in [-0.25, -0.2) is 5.43 Å². The van der Waals surface area contributed by atoms with Gasteiger partial charge in [0.1, 0.15) is 5.75 Å². The summed E-state index contributed by atoms with van der Waals surface area (Å²) in [6.07, 6.45) is 2.75. The molecular formula is C20H18BrClN4O4. The van der Waals surface area contributed by atoms with E-state index in [1.54, 1.807) is 42.5 Å². The molecule has 8 nitrogen and oxygen atoms in total. The first kappa shape index (κ1) is 23.1. The summed E-state index contributed by atoms with van der Waals surface area (Å²) in [6.45, 7) is 3.34. The molecule has 0 fully saturated rings. The van der Waals surface area contributed by atoms with Gasteiger partial charge in [0, 0.05) is 27.3 Å². The number of amides is 3. The molecule has 0 saturated heterocycles. The van der Waals surface area contributed by atoms with Crippen molar-refractivity contribution in [2.24, 2.45) is 5.10 Å². The summed E-state index contributed by atoms with van der Waals surface area (Å²) in [5, 5.41) is 9.25. The molecule has 3 N–H and O–H groups in total. The van der Waals surface area contributed by atoms with Crippen molar-refractivity contribution in [2.75, 3.05) is 18.5 Å². The van der Waals surface area contributed by atoms with Crippen molar-refractivity contribution in [3.05, 3.63) is 70.2 Å². The van der Waals surface area contributed by atoms with E-state index < -0.39 is 11.8 Å². The van der Waals surface area contributed by atoms with Crippen LogP contribution in [0, 0.1) is 0 Å². The molecule has 0 saturated carbocycles. The molecule has 0 spiro atoms. The first-order valence-electron chi connectivity index (χ1n) is 8.59. The van der Waals surface area contributed by atoms with Crippen LogP contribution in [0.3, 0.4) is 0 Å². The molecule has 0 radical (unpaired) electrons. The molecule has 0 bridgehead atoms. The van der Waals surface area contributed by atoms with Crippen molar-refractivity contribution in [3.63, 3.8) is 0 Å². The number of halogens is 2. The smallest absolute Gasteiger partial charge is 0.329 e. The molecule has 0 aliphatic carbocycles. The monoisotopic (exact) mass is 492 g/mol. The fourth-order valence-corrected chi connectivity index (χ4v) is 2.68. The number of nitrogens with one attached hydrogen (secondary N) is 3. The van der Waals surface area contributed by atoms with Crippen molar-refractivity contribution in [2.45, 2.75) is 0 Å². The Morgan fingerprint density at radius 3 is 2.70 bits per heavy atom. The van der Waals surface area contributed by atoms with Gasteiger partial charge in [0.25, 0.3) is 5.91 Å². The SMILES string of the molecule is C=CCNC(=O)C(=O)N/N=C\c1cc(Br)ccc1OCC(=O)Nc1cccc(Cl)c1. The maximum absolute atomic E-state index is 12.1. The molecule has 10 heteroatoms. The lowest BCUT2D eigenvalue weighted by atomic mass is 10.2. The number of nitrogens with zero attached hydrogens (tertiary/aromatic N) is 1. The average molecular weight is 494 g/mol.